The van der Waals surface area contributed by atoms with Gasteiger partial charge in [0, 0.05) is 44.5 Å². The third-order valence-electron chi connectivity index (χ3n) is 10.2. The van der Waals surface area contributed by atoms with E-state index in [0.29, 0.717) is 34.4 Å². The maximum Gasteiger partial charge on any atom is 0.164 e. The Morgan fingerprint density at radius 1 is 0.379 bits per heavy atom. The van der Waals surface area contributed by atoms with Crippen LogP contribution in [0.3, 0.4) is 0 Å². The number of phenolic OH excluding ortho intramolecular Hbond substituents is 1. The van der Waals surface area contributed by atoms with Crippen LogP contribution >= 0.6 is 0 Å². The maximum absolute atomic E-state index is 11.6. The molecule has 9 rings (SSSR count). The quantitative estimate of drug-likeness (QED) is 0.158. The molecule has 0 saturated carbocycles. The average Bonchev–Trinajstić information content (AvgIpc) is 3.30. The first-order valence-electron chi connectivity index (χ1n) is 19.1. The van der Waals surface area contributed by atoms with E-state index < -0.39 is 0 Å². The van der Waals surface area contributed by atoms with Crippen molar-refractivity contribution in [1.29, 1.82) is 0 Å². The van der Waals surface area contributed by atoms with Gasteiger partial charge in [-0.3, -0.25) is 0 Å². The van der Waals surface area contributed by atoms with Crippen molar-refractivity contribution in [3.63, 3.8) is 0 Å². The highest BCUT2D eigenvalue weighted by Crippen LogP contribution is 2.38. The Morgan fingerprint density at radius 3 is 1.45 bits per heavy atom. The van der Waals surface area contributed by atoms with Crippen molar-refractivity contribution in [1.82, 2.24) is 24.9 Å². The van der Waals surface area contributed by atoms with Crippen LogP contribution in [-0.2, 0) is 0 Å². The standard InChI is InChI=1S/C52H37N5O/c1-3-35-16-13-14-25-45(35)48-34(2)47(53-49(54-48)40-28-26-37(27-29-40)36-17-7-4-8-18-36)42-24-15-23-41(32-42)44-31-30-43(33-46(44)58)52-56-50(38-19-9-5-10-20-38)55-51(57-52)39-21-11-6-12-22-39/h3-33,58H,1H2,2H3. The van der Waals surface area contributed by atoms with Gasteiger partial charge in [-0.1, -0.05) is 176 Å². The summed E-state index contributed by atoms with van der Waals surface area (Å²) in [4.78, 5) is 24.9. The zero-order valence-electron chi connectivity index (χ0n) is 31.8. The lowest BCUT2D eigenvalue weighted by atomic mass is 9.95. The number of nitrogens with zero attached hydrogens (tertiary/aromatic N) is 5. The van der Waals surface area contributed by atoms with Crippen molar-refractivity contribution in [2.24, 2.45) is 0 Å². The monoisotopic (exact) mass is 747 g/mol. The fourth-order valence-corrected chi connectivity index (χ4v) is 7.21. The fraction of sp³-hybridized carbons (Fsp3) is 0.0192. The summed E-state index contributed by atoms with van der Waals surface area (Å²) in [5.41, 5.74) is 12.6. The van der Waals surface area contributed by atoms with Crippen molar-refractivity contribution < 1.29 is 5.11 Å². The predicted molar refractivity (Wildman–Crippen MR) is 235 cm³/mol. The van der Waals surface area contributed by atoms with E-state index in [4.69, 9.17) is 24.9 Å². The number of benzene rings is 7. The van der Waals surface area contributed by atoms with Gasteiger partial charge in [0.2, 0.25) is 0 Å². The van der Waals surface area contributed by atoms with Gasteiger partial charge in [-0.2, -0.15) is 0 Å². The zero-order chi connectivity index (χ0) is 39.4. The summed E-state index contributed by atoms with van der Waals surface area (Å²) in [6.07, 6.45) is 1.86. The highest BCUT2D eigenvalue weighted by atomic mass is 16.3. The molecule has 58 heavy (non-hydrogen) atoms. The van der Waals surface area contributed by atoms with E-state index >= 15 is 0 Å². The lowest BCUT2D eigenvalue weighted by Gasteiger charge is -2.16. The molecule has 1 N–H and O–H groups in total. The number of phenols is 1. The van der Waals surface area contributed by atoms with Crippen LogP contribution < -0.4 is 0 Å². The lowest BCUT2D eigenvalue weighted by Crippen LogP contribution is -2.01. The molecule has 2 aromatic heterocycles. The summed E-state index contributed by atoms with van der Waals surface area (Å²) in [5, 5.41) is 11.6. The van der Waals surface area contributed by atoms with E-state index in [0.717, 1.165) is 67.0 Å². The summed E-state index contributed by atoms with van der Waals surface area (Å²) >= 11 is 0. The molecule has 0 aliphatic carbocycles. The molecule has 0 spiro atoms. The van der Waals surface area contributed by atoms with E-state index in [1.807, 2.05) is 127 Å². The Hall–Kier alpha value is -7.83. The minimum atomic E-state index is 0.108. The molecule has 2 heterocycles. The number of aromatic hydroxyl groups is 1. The molecule has 0 aliphatic heterocycles. The van der Waals surface area contributed by atoms with Crippen molar-refractivity contribution in [3.8, 4) is 96.1 Å². The van der Waals surface area contributed by atoms with E-state index in [1.54, 1.807) is 6.07 Å². The van der Waals surface area contributed by atoms with Gasteiger partial charge in [0.05, 0.1) is 11.4 Å². The van der Waals surface area contributed by atoms with Gasteiger partial charge in [0.25, 0.3) is 0 Å². The summed E-state index contributed by atoms with van der Waals surface area (Å²) in [6, 6.07) is 60.2. The Kier molecular flexibility index (Phi) is 9.72. The summed E-state index contributed by atoms with van der Waals surface area (Å²) in [6.45, 7) is 6.15. The van der Waals surface area contributed by atoms with E-state index in [9.17, 15) is 5.11 Å². The Labute approximate surface area is 337 Å². The highest BCUT2D eigenvalue weighted by Gasteiger charge is 2.19. The molecule has 276 valence electrons. The van der Waals surface area contributed by atoms with Crippen molar-refractivity contribution >= 4 is 6.08 Å². The molecule has 0 bridgehead atoms. The van der Waals surface area contributed by atoms with Crippen LogP contribution in [0.4, 0.5) is 0 Å². The molecule has 0 unspecified atom stereocenters. The molecular formula is C52H37N5O. The van der Waals surface area contributed by atoms with Crippen molar-refractivity contribution in [3.05, 3.63) is 200 Å². The molecule has 0 atom stereocenters. The van der Waals surface area contributed by atoms with Gasteiger partial charge in [-0.05, 0) is 47.4 Å². The first kappa shape index (κ1) is 35.8. The maximum atomic E-state index is 11.6. The fourth-order valence-electron chi connectivity index (χ4n) is 7.21. The van der Waals surface area contributed by atoms with Crippen molar-refractivity contribution in [2.45, 2.75) is 6.92 Å². The Balaban J connectivity index is 1.12. The second kappa shape index (κ2) is 15.7. The van der Waals surface area contributed by atoms with Gasteiger partial charge < -0.3 is 5.11 Å². The second-order valence-corrected chi connectivity index (χ2v) is 14.0. The minimum absolute atomic E-state index is 0.108. The van der Waals surface area contributed by atoms with Crippen LogP contribution in [0.15, 0.2) is 189 Å². The summed E-state index contributed by atoms with van der Waals surface area (Å²) in [7, 11) is 0. The van der Waals surface area contributed by atoms with Gasteiger partial charge >= 0.3 is 0 Å². The van der Waals surface area contributed by atoms with Gasteiger partial charge in [0.15, 0.2) is 23.3 Å². The average molecular weight is 748 g/mol. The number of hydrogen-bond donors (Lipinski definition) is 1. The highest BCUT2D eigenvalue weighted by molar-refractivity contribution is 5.84. The first-order valence-corrected chi connectivity index (χ1v) is 19.1. The molecule has 9 aromatic rings. The Bertz CT molecular complexity index is 2850. The van der Waals surface area contributed by atoms with E-state index in [2.05, 4.69) is 68.1 Å². The molecule has 0 radical (unpaired) electrons. The molecular weight excluding hydrogens is 711 g/mol. The largest absolute Gasteiger partial charge is 0.507 e. The van der Waals surface area contributed by atoms with Crippen LogP contribution in [0.25, 0.3) is 96.4 Å². The van der Waals surface area contributed by atoms with Gasteiger partial charge in [-0.25, -0.2) is 24.9 Å². The van der Waals surface area contributed by atoms with Crippen molar-refractivity contribution in [2.75, 3.05) is 0 Å². The Morgan fingerprint density at radius 2 is 0.828 bits per heavy atom. The van der Waals surface area contributed by atoms with Crippen LogP contribution in [0.2, 0.25) is 0 Å². The molecule has 0 aliphatic rings. The molecule has 7 aromatic carbocycles. The molecule has 6 heteroatoms. The van der Waals surface area contributed by atoms with Crippen LogP contribution in [0, 0.1) is 6.92 Å². The predicted octanol–water partition coefficient (Wildman–Crippen LogP) is 12.7. The van der Waals surface area contributed by atoms with E-state index in [-0.39, 0.29) is 5.75 Å². The van der Waals surface area contributed by atoms with Crippen LogP contribution in [-0.4, -0.2) is 30.0 Å². The van der Waals surface area contributed by atoms with Gasteiger partial charge in [-0.15, -0.1) is 0 Å². The van der Waals surface area contributed by atoms with Crippen LogP contribution in [0.5, 0.6) is 5.75 Å². The third kappa shape index (κ3) is 7.18. The summed E-state index contributed by atoms with van der Waals surface area (Å²) < 4.78 is 0. The first-order chi connectivity index (χ1) is 28.5. The zero-order valence-corrected chi connectivity index (χ0v) is 31.8. The lowest BCUT2D eigenvalue weighted by molar-refractivity contribution is 0.477. The van der Waals surface area contributed by atoms with Gasteiger partial charge in [0.1, 0.15) is 5.75 Å². The second-order valence-electron chi connectivity index (χ2n) is 14.0. The van der Waals surface area contributed by atoms with E-state index in [1.165, 1.54) is 0 Å². The molecule has 0 saturated heterocycles. The normalized spacial score (nSPS) is 11.0. The molecule has 6 nitrogen and oxygen atoms in total. The molecule has 0 fully saturated rings. The SMILES string of the molecule is C=Cc1ccccc1-c1nc(-c2ccc(-c3ccccc3)cc2)nc(-c2cccc(-c3ccc(-c4nc(-c5ccccc5)nc(-c5ccccc5)n4)cc3O)c2)c1C. The number of aromatic nitrogens is 5. The minimum Gasteiger partial charge on any atom is -0.507 e. The third-order valence-corrected chi connectivity index (χ3v) is 10.2. The topological polar surface area (TPSA) is 84.7 Å². The number of hydrogen-bond acceptors (Lipinski definition) is 6. The smallest absolute Gasteiger partial charge is 0.164 e. The molecule has 0 amide bonds. The number of rotatable bonds is 9. The van der Waals surface area contributed by atoms with Crippen LogP contribution in [0.1, 0.15) is 11.1 Å². The summed E-state index contributed by atoms with van der Waals surface area (Å²) in [5.74, 6) is 2.31.